The number of halogens is 1. The lowest BCUT2D eigenvalue weighted by Gasteiger charge is -2.33. The molecule has 1 aliphatic heterocycles. The molecule has 0 atom stereocenters. The van der Waals surface area contributed by atoms with Crippen molar-refractivity contribution in [3.63, 3.8) is 0 Å². The molecule has 0 spiro atoms. The van der Waals surface area contributed by atoms with Crippen LogP contribution < -0.4 is 19.7 Å². The number of benzene rings is 2. The van der Waals surface area contributed by atoms with Crippen LogP contribution in [0.5, 0.6) is 11.5 Å². The fourth-order valence-electron chi connectivity index (χ4n) is 5.90. The second kappa shape index (κ2) is 16.6. The first-order valence-corrected chi connectivity index (χ1v) is 19.1. The molecule has 0 saturated carbocycles. The van der Waals surface area contributed by atoms with Gasteiger partial charge in [0.15, 0.2) is 5.82 Å². The number of hydrogen-bond acceptors (Lipinski definition) is 12. The van der Waals surface area contributed by atoms with Gasteiger partial charge in [0.2, 0.25) is 16.0 Å². The number of methoxy groups -OCH3 is 2. The van der Waals surface area contributed by atoms with Crippen molar-refractivity contribution in [1.82, 2.24) is 34.1 Å². The zero-order valence-electron chi connectivity index (χ0n) is 29.7. The molecule has 6 rings (SSSR count). The molecule has 0 unspecified atom stereocenters. The fraction of sp³-hybridized carbons (Fsp3) is 0.324. The Balaban J connectivity index is 1.33. The topological polar surface area (TPSA) is 139 Å². The Hall–Kier alpha value is -4.89. The standard InChI is InChI=1S/C37H42ClN9O4S/c1-26-41-36(44-37(42-26)46(24-27-5-10-31(50-2)11-6-27)25-28-7-12-32(51-3)13-8-28)33-21-29(15-16-45-17-19-47(20-18-45)52(4,48)49)22-40-35(33)43-30-9-14-34(38)39-23-30/h5-14,21-23H,15-20,24-25H2,1-4H3,(H,40,43). The molecule has 15 heteroatoms. The summed E-state index contributed by atoms with van der Waals surface area (Å²) in [6, 6.07) is 21.5. The van der Waals surface area contributed by atoms with Crippen molar-refractivity contribution in [3.05, 3.63) is 107 Å². The number of piperazine rings is 1. The van der Waals surface area contributed by atoms with Gasteiger partial charge in [-0.05, 0) is 72.5 Å². The quantitative estimate of drug-likeness (QED) is 0.146. The maximum atomic E-state index is 12.0. The van der Waals surface area contributed by atoms with Crippen molar-refractivity contribution in [2.45, 2.75) is 26.4 Å². The highest BCUT2D eigenvalue weighted by Crippen LogP contribution is 2.30. The predicted molar refractivity (Wildman–Crippen MR) is 203 cm³/mol. The lowest BCUT2D eigenvalue weighted by atomic mass is 10.1. The van der Waals surface area contributed by atoms with Gasteiger partial charge in [0.1, 0.15) is 28.3 Å². The minimum absolute atomic E-state index is 0.387. The highest BCUT2D eigenvalue weighted by Gasteiger charge is 2.24. The number of rotatable bonds is 14. The molecule has 0 radical (unpaired) electrons. The van der Waals surface area contributed by atoms with E-state index in [1.807, 2.05) is 67.7 Å². The number of nitrogens with one attached hydrogen (secondary N) is 1. The molecule has 1 fully saturated rings. The molecule has 272 valence electrons. The van der Waals surface area contributed by atoms with E-state index in [0.29, 0.717) is 85.5 Å². The normalized spacial score (nSPS) is 13.9. The molecular formula is C37H42ClN9O4S. The lowest BCUT2D eigenvalue weighted by Crippen LogP contribution is -2.48. The first-order chi connectivity index (χ1) is 25.1. The fourth-order valence-corrected chi connectivity index (χ4v) is 6.84. The molecule has 0 aliphatic carbocycles. The SMILES string of the molecule is COc1ccc(CN(Cc2ccc(OC)cc2)c2nc(C)nc(-c3cc(CCN4CCN(S(C)(=O)=O)CC4)cnc3Nc3ccc(Cl)nc3)n2)cc1. The summed E-state index contributed by atoms with van der Waals surface area (Å²) < 4.78 is 36.3. The van der Waals surface area contributed by atoms with E-state index in [2.05, 4.69) is 26.2 Å². The van der Waals surface area contributed by atoms with Crippen LogP contribution in [0.1, 0.15) is 22.5 Å². The van der Waals surface area contributed by atoms with Crippen molar-refractivity contribution in [3.8, 4) is 22.9 Å². The third-order valence-electron chi connectivity index (χ3n) is 8.78. The third-order valence-corrected chi connectivity index (χ3v) is 10.3. The van der Waals surface area contributed by atoms with Gasteiger partial charge in [0.05, 0.1) is 37.9 Å². The maximum Gasteiger partial charge on any atom is 0.229 e. The van der Waals surface area contributed by atoms with E-state index in [4.69, 9.17) is 41.0 Å². The van der Waals surface area contributed by atoms with Gasteiger partial charge in [-0.25, -0.2) is 23.4 Å². The minimum atomic E-state index is -3.20. The van der Waals surface area contributed by atoms with Crippen LogP contribution in [0.2, 0.25) is 5.15 Å². The number of hydrogen-bond donors (Lipinski definition) is 1. The monoisotopic (exact) mass is 743 g/mol. The van der Waals surface area contributed by atoms with Crippen LogP contribution in [-0.2, 0) is 29.5 Å². The van der Waals surface area contributed by atoms with Gasteiger partial charge in [-0.1, -0.05) is 35.9 Å². The van der Waals surface area contributed by atoms with Gasteiger partial charge in [0.25, 0.3) is 0 Å². The van der Waals surface area contributed by atoms with Crippen LogP contribution in [0.15, 0.2) is 79.1 Å². The smallest absolute Gasteiger partial charge is 0.229 e. The average molecular weight is 744 g/mol. The van der Waals surface area contributed by atoms with Gasteiger partial charge in [0, 0.05) is 52.0 Å². The summed E-state index contributed by atoms with van der Waals surface area (Å²) >= 11 is 6.07. The van der Waals surface area contributed by atoms with Crippen LogP contribution in [-0.4, -0.2) is 95.7 Å². The van der Waals surface area contributed by atoms with Crippen LogP contribution in [0, 0.1) is 6.92 Å². The second-order valence-corrected chi connectivity index (χ2v) is 14.9. The number of ether oxygens (including phenoxy) is 2. The summed E-state index contributed by atoms with van der Waals surface area (Å²) in [5, 5.41) is 3.76. The van der Waals surface area contributed by atoms with Crippen LogP contribution in [0.4, 0.5) is 17.5 Å². The molecule has 1 aliphatic rings. The van der Waals surface area contributed by atoms with Crippen molar-refractivity contribution in [2.75, 3.05) is 63.4 Å². The third kappa shape index (κ3) is 9.70. The summed E-state index contributed by atoms with van der Waals surface area (Å²) in [6.45, 7) is 5.99. The first kappa shape index (κ1) is 36.9. The maximum absolute atomic E-state index is 12.0. The second-order valence-electron chi connectivity index (χ2n) is 12.5. The first-order valence-electron chi connectivity index (χ1n) is 16.8. The molecule has 3 aromatic heterocycles. The molecule has 2 aromatic carbocycles. The Morgan fingerprint density at radius 1 is 0.808 bits per heavy atom. The number of anilines is 3. The molecule has 0 bridgehead atoms. The number of sulfonamides is 1. The summed E-state index contributed by atoms with van der Waals surface area (Å²) in [7, 11) is 0.107. The minimum Gasteiger partial charge on any atom is -0.497 e. The summed E-state index contributed by atoms with van der Waals surface area (Å²) in [6.07, 6.45) is 5.46. The van der Waals surface area contributed by atoms with E-state index < -0.39 is 10.0 Å². The van der Waals surface area contributed by atoms with Crippen LogP contribution in [0.3, 0.4) is 0 Å². The van der Waals surface area contributed by atoms with E-state index >= 15 is 0 Å². The Bertz CT molecular complexity index is 2010. The molecule has 13 nitrogen and oxygen atoms in total. The van der Waals surface area contributed by atoms with E-state index in [9.17, 15) is 8.42 Å². The van der Waals surface area contributed by atoms with Crippen molar-refractivity contribution in [2.24, 2.45) is 0 Å². The van der Waals surface area contributed by atoms with E-state index in [-0.39, 0.29) is 0 Å². The van der Waals surface area contributed by atoms with Crippen molar-refractivity contribution >= 4 is 39.1 Å². The lowest BCUT2D eigenvalue weighted by molar-refractivity contribution is 0.191. The zero-order valence-corrected chi connectivity index (χ0v) is 31.2. The molecule has 1 N–H and O–H groups in total. The highest BCUT2D eigenvalue weighted by atomic mass is 35.5. The highest BCUT2D eigenvalue weighted by molar-refractivity contribution is 7.88. The van der Waals surface area contributed by atoms with Gasteiger partial charge < -0.3 is 24.6 Å². The average Bonchev–Trinajstić information content (AvgIpc) is 3.15. The Morgan fingerprint density at radius 2 is 1.44 bits per heavy atom. The molecule has 5 aromatic rings. The summed E-state index contributed by atoms with van der Waals surface area (Å²) in [5.41, 5.74) is 4.53. The molecular weight excluding hydrogens is 702 g/mol. The van der Waals surface area contributed by atoms with Crippen LogP contribution >= 0.6 is 11.6 Å². The zero-order chi connectivity index (χ0) is 36.7. The Labute approximate surface area is 309 Å². The van der Waals surface area contributed by atoms with E-state index in [0.717, 1.165) is 34.7 Å². The van der Waals surface area contributed by atoms with E-state index in [1.54, 1.807) is 26.5 Å². The largest absolute Gasteiger partial charge is 0.497 e. The van der Waals surface area contributed by atoms with Gasteiger partial charge >= 0.3 is 0 Å². The molecule has 1 saturated heterocycles. The Morgan fingerprint density at radius 3 is 2.00 bits per heavy atom. The van der Waals surface area contributed by atoms with Crippen LogP contribution in [0.25, 0.3) is 11.4 Å². The number of aryl methyl sites for hydroxylation is 1. The number of pyridine rings is 2. The van der Waals surface area contributed by atoms with Crippen molar-refractivity contribution < 1.29 is 17.9 Å². The van der Waals surface area contributed by atoms with Gasteiger partial charge in [-0.3, -0.25) is 0 Å². The van der Waals surface area contributed by atoms with E-state index in [1.165, 1.54) is 10.6 Å². The Kier molecular flexibility index (Phi) is 11.8. The summed E-state index contributed by atoms with van der Waals surface area (Å²) in [4.78, 5) is 28.1. The number of nitrogens with zero attached hydrogens (tertiary/aromatic N) is 8. The number of aromatic nitrogens is 5. The van der Waals surface area contributed by atoms with Gasteiger partial charge in [-0.2, -0.15) is 14.3 Å². The van der Waals surface area contributed by atoms with Gasteiger partial charge in [-0.15, -0.1) is 0 Å². The molecule has 0 amide bonds. The molecule has 52 heavy (non-hydrogen) atoms. The molecule has 4 heterocycles. The van der Waals surface area contributed by atoms with Crippen molar-refractivity contribution in [1.29, 1.82) is 0 Å². The predicted octanol–water partition coefficient (Wildman–Crippen LogP) is 5.38. The summed E-state index contributed by atoms with van der Waals surface area (Å²) in [5.74, 6) is 3.66.